The molecule has 250 valence electrons. The summed E-state index contributed by atoms with van der Waals surface area (Å²) in [6, 6.07) is 18.7. The number of ether oxygens (including phenoxy) is 3. The van der Waals surface area contributed by atoms with E-state index in [9.17, 15) is 19.6 Å². The zero-order chi connectivity index (χ0) is 35.0. The highest BCUT2D eigenvalue weighted by molar-refractivity contribution is 6.30. The number of nitrogens with one attached hydrogen (secondary N) is 3. The number of amides is 3. The van der Waals surface area contributed by atoms with Crippen LogP contribution in [0, 0.1) is 11.3 Å². The lowest BCUT2D eigenvalue weighted by Gasteiger charge is -2.21. The van der Waals surface area contributed by atoms with E-state index in [1.807, 2.05) is 0 Å². The van der Waals surface area contributed by atoms with Crippen molar-refractivity contribution >= 4 is 41.0 Å². The summed E-state index contributed by atoms with van der Waals surface area (Å²) < 4.78 is 17.8. The predicted molar refractivity (Wildman–Crippen MR) is 183 cm³/mol. The van der Waals surface area contributed by atoms with Gasteiger partial charge in [0, 0.05) is 54.7 Å². The molecule has 0 aliphatic carbocycles. The zero-order valence-corrected chi connectivity index (χ0v) is 28.3. The minimum atomic E-state index is -0.669. The third-order valence-electron chi connectivity index (χ3n) is 6.80. The van der Waals surface area contributed by atoms with Crippen molar-refractivity contribution in [1.82, 2.24) is 14.9 Å². The number of hydrogen-bond acceptors (Lipinski definition) is 8. The first-order chi connectivity index (χ1) is 22.8. The van der Waals surface area contributed by atoms with Crippen molar-refractivity contribution in [2.45, 2.75) is 45.8 Å². The van der Waals surface area contributed by atoms with Gasteiger partial charge in [-0.1, -0.05) is 23.7 Å². The Labute approximate surface area is 284 Å². The largest absolute Gasteiger partial charge is 0.467 e. The Hall–Kier alpha value is -5.38. The lowest BCUT2D eigenvalue weighted by molar-refractivity contribution is -0.116. The van der Waals surface area contributed by atoms with Crippen LogP contribution in [0.4, 0.5) is 16.3 Å². The number of carbonyl (C=O) groups excluding carboxylic acids is 3. The van der Waals surface area contributed by atoms with E-state index < -0.39 is 23.6 Å². The van der Waals surface area contributed by atoms with Gasteiger partial charge in [0.25, 0.3) is 5.91 Å². The van der Waals surface area contributed by atoms with Crippen LogP contribution in [-0.4, -0.2) is 53.0 Å². The number of carbonyl (C=O) groups is 3. The molecule has 12 nitrogen and oxygen atoms in total. The van der Waals surface area contributed by atoms with Gasteiger partial charge in [0.2, 0.25) is 5.91 Å². The molecule has 0 spiro atoms. The average Bonchev–Trinajstić information content (AvgIpc) is 3.44. The highest BCUT2D eigenvalue weighted by Crippen LogP contribution is 2.38. The highest BCUT2D eigenvalue weighted by Gasteiger charge is 2.22. The number of rotatable bonds is 11. The molecule has 1 unspecified atom stereocenters. The molecule has 3 amide bonds. The number of halogens is 1. The number of pyridine rings is 1. The maximum Gasteiger partial charge on any atom is 0.407 e. The second-order valence-corrected chi connectivity index (χ2v) is 12.4. The third kappa shape index (κ3) is 9.34. The van der Waals surface area contributed by atoms with Gasteiger partial charge < -0.3 is 34.7 Å². The minimum absolute atomic E-state index is 0.0114. The summed E-state index contributed by atoms with van der Waals surface area (Å²) in [6.45, 7) is 6.91. The molecule has 2 aromatic heterocycles. The van der Waals surface area contributed by atoms with Crippen molar-refractivity contribution in [2.75, 3.05) is 24.5 Å². The van der Waals surface area contributed by atoms with Crippen molar-refractivity contribution in [3.63, 3.8) is 0 Å². The fourth-order valence-electron chi connectivity index (χ4n) is 4.75. The monoisotopic (exact) mass is 672 g/mol. The fraction of sp³-hybridized carbons (Fsp3) is 0.286. The summed E-state index contributed by atoms with van der Waals surface area (Å²) in [5.41, 5.74) is 2.17. The molecule has 2 aromatic carbocycles. The maximum atomic E-state index is 13.3. The molecule has 13 heteroatoms. The van der Waals surface area contributed by atoms with Crippen LogP contribution in [0.15, 0.2) is 66.9 Å². The number of anilines is 2. The van der Waals surface area contributed by atoms with Gasteiger partial charge in [0.1, 0.15) is 28.7 Å². The van der Waals surface area contributed by atoms with Crippen LogP contribution in [0.1, 0.15) is 50.2 Å². The summed E-state index contributed by atoms with van der Waals surface area (Å²) in [5, 5.41) is 19.1. The van der Waals surface area contributed by atoms with Gasteiger partial charge >= 0.3 is 6.09 Å². The summed E-state index contributed by atoms with van der Waals surface area (Å²) in [6.07, 6.45) is 1.10. The molecule has 0 bridgehead atoms. The SMILES string of the molecule is COCOc1cc(Cl)ccc1-c1cc(-c2cccc(NC(=O)CC(C)NC(=O)OC(C)(C)C)c2)c(C#N)c(NC(=O)c2cccn2C)n1. The van der Waals surface area contributed by atoms with Gasteiger partial charge in [-0.25, -0.2) is 9.78 Å². The lowest BCUT2D eigenvalue weighted by Crippen LogP contribution is -2.39. The predicted octanol–water partition coefficient (Wildman–Crippen LogP) is 6.76. The molecule has 48 heavy (non-hydrogen) atoms. The molecule has 0 aliphatic heterocycles. The smallest absolute Gasteiger partial charge is 0.407 e. The Morgan fingerprint density at radius 2 is 1.81 bits per heavy atom. The zero-order valence-electron chi connectivity index (χ0n) is 27.5. The van der Waals surface area contributed by atoms with Gasteiger partial charge in [-0.15, -0.1) is 0 Å². The molecule has 4 rings (SSSR count). The Bertz CT molecular complexity index is 1860. The average molecular weight is 673 g/mol. The fourth-order valence-corrected chi connectivity index (χ4v) is 4.91. The molecular formula is C35H37ClN6O6. The van der Waals surface area contributed by atoms with E-state index in [2.05, 4.69) is 27.0 Å². The Balaban J connectivity index is 1.72. The number of alkyl carbamates (subject to hydrolysis) is 1. The molecule has 1 atom stereocenters. The molecule has 4 aromatic rings. The number of nitrogens with zero attached hydrogens (tertiary/aromatic N) is 3. The number of hydrogen-bond donors (Lipinski definition) is 3. The van der Waals surface area contributed by atoms with E-state index in [0.29, 0.717) is 44.5 Å². The first kappa shape index (κ1) is 35.5. The minimum Gasteiger partial charge on any atom is -0.467 e. The van der Waals surface area contributed by atoms with E-state index in [1.165, 1.54) is 7.11 Å². The second kappa shape index (κ2) is 15.5. The van der Waals surface area contributed by atoms with Crippen LogP contribution in [0.5, 0.6) is 5.75 Å². The van der Waals surface area contributed by atoms with E-state index >= 15 is 0 Å². The number of methoxy groups -OCH3 is 1. The summed E-state index contributed by atoms with van der Waals surface area (Å²) >= 11 is 6.27. The molecular weight excluding hydrogens is 636 g/mol. The second-order valence-electron chi connectivity index (χ2n) is 11.9. The van der Waals surface area contributed by atoms with Crippen LogP contribution >= 0.6 is 11.6 Å². The van der Waals surface area contributed by atoms with E-state index in [4.69, 9.17) is 25.8 Å². The molecule has 3 N–H and O–H groups in total. The first-order valence-electron chi connectivity index (χ1n) is 15.0. The van der Waals surface area contributed by atoms with Crippen molar-refractivity contribution in [2.24, 2.45) is 7.05 Å². The first-order valence-corrected chi connectivity index (χ1v) is 15.3. The quantitative estimate of drug-likeness (QED) is 0.148. The van der Waals surface area contributed by atoms with E-state index in [-0.39, 0.29) is 30.5 Å². The number of benzene rings is 2. The van der Waals surface area contributed by atoms with Crippen molar-refractivity contribution < 1.29 is 28.6 Å². The topological polar surface area (TPSA) is 157 Å². The number of aryl methyl sites for hydroxylation is 1. The van der Waals surface area contributed by atoms with Crippen LogP contribution in [0.3, 0.4) is 0 Å². The van der Waals surface area contributed by atoms with Gasteiger partial charge in [-0.2, -0.15) is 5.26 Å². The summed E-state index contributed by atoms with van der Waals surface area (Å²) in [7, 11) is 3.22. The van der Waals surface area contributed by atoms with Crippen LogP contribution in [-0.2, 0) is 21.3 Å². The standard InChI is InChI=1S/C35H37ClN6O6/c1-21(38-34(45)48-35(2,3)4)15-31(43)39-24-10-7-9-22(16-24)26-18-28(25-13-12-23(36)17-30(25)47-20-46-6)40-32(27(26)19-37)41-33(44)29-11-8-14-42(29)5/h7-14,16-18,21H,15,20H2,1-6H3,(H,38,45)(H,39,43)(H,40,41,44). The highest BCUT2D eigenvalue weighted by atomic mass is 35.5. The third-order valence-corrected chi connectivity index (χ3v) is 7.04. The molecule has 2 heterocycles. The molecule has 0 radical (unpaired) electrons. The van der Waals surface area contributed by atoms with Gasteiger partial charge in [-0.05, 0) is 81.8 Å². The lowest BCUT2D eigenvalue weighted by atomic mass is 9.97. The molecule has 0 saturated heterocycles. The molecule has 0 aliphatic rings. The Kier molecular flexibility index (Phi) is 11.4. The van der Waals surface area contributed by atoms with Crippen LogP contribution < -0.4 is 20.7 Å². The Morgan fingerprint density at radius 3 is 2.48 bits per heavy atom. The van der Waals surface area contributed by atoms with E-state index in [0.717, 1.165) is 0 Å². The summed E-state index contributed by atoms with van der Waals surface area (Å²) in [5.74, 6) is -0.400. The normalized spacial score (nSPS) is 11.6. The molecule has 0 fully saturated rings. The van der Waals surface area contributed by atoms with Crippen molar-refractivity contribution in [3.8, 4) is 34.2 Å². The van der Waals surface area contributed by atoms with Crippen molar-refractivity contribution in [1.29, 1.82) is 5.26 Å². The van der Waals surface area contributed by atoms with Gasteiger partial charge in [-0.3, -0.25) is 9.59 Å². The maximum absolute atomic E-state index is 13.3. The Morgan fingerprint density at radius 1 is 1.04 bits per heavy atom. The van der Waals surface area contributed by atoms with Crippen LogP contribution in [0.25, 0.3) is 22.4 Å². The summed E-state index contributed by atoms with van der Waals surface area (Å²) in [4.78, 5) is 43.0. The van der Waals surface area contributed by atoms with Gasteiger partial charge in [0.05, 0.1) is 5.69 Å². The molecule has 0 saturated carbocycles. The number of nitriles is 1. The van der Waals surface area contributed by atoms with E-state index in [1.54, 1.807) is 106 Å². The number of aromatic nitrogens is 2. The van der Waals surface area contributed by atoms with Crippen LogP contribution in [0.2, 0.25) is 5.02 Å². The van der Waals surface area contributed by atoms with Gasteiger partial charge in [0.15, 0.2) is 12.6 Å². The van der Waals surface area contributed by atoms with Crippen molar-refractivity contribution in [3.05, 3.63) is 83.1 Å².